The Labute approximate surface area is 181 Å². The first kappa shape index (κ1) is 22.1. The fourth-order valence-electron chi connectivity index (χ4n) is 3.48. The lowest BCUT2D eigenvalue weighted by Gasteiger charge is -2.33. The van der Waals surface area contributed by atoms with E-state index >= 15 is 0 Å². The summed E-state index contributed by atoms with van der Waals surface area (Å²) in [6.07, 6.45) is 1.82. The number of nitrogens with zero attached hydrogens (tertiary/aromatic N) is 1. The van der Waals surface area contributed by atoms with E-state index in [4.69, 9.17) is 16.3 Å². The zero-order valence-corrected chi connectivity index (χ0v) is 17.9. The number of hydrogen-bond acceptors (Lipinski definition) is 3. The van der Waals surface area contributed by atoms with Crippen LogP contribution in [0.25, 0.3) is 0 Å². The monoisotopic (exact) mass is 432 g/mol. The maximum absolute atomic E-state index is 13.3. The lowest BCUT2D eigenvalue weighted by molar-refractivity contribution is 0.0633. The van der Waals surface area contributed by atoms with Crippen LogP contribution in [0.2, 0.25) is 5.02 Å². The number of amides is 2. The summed E-state index contributed by atoms with van der Waals surface area (Å²) in [6, 6.07) is 10.9. The second kappa shape index (κ2) is 9.94. The summed E-state index contributed by atoms with van der Waals surface area (Å²) >= 11 is 6.04. The van der Waals surface area contributed by atoms with Crippen molar-refractivity contribution in [3.63, 3.8) is 0 Å². The van der Waals surface area contributed by atoms with Gasteiger partial charge < -0.3 is 15.0 Å². The molecule has 2 aromatic carbocycles. The second-order valence-corrected chi connectivity index (χ2v) is 8.25. The van der Waals surface area contributed by atoms with Crippen molar-refractivity contribution >= 4 is 23.4 Å². The molecular weight excluding hydrogens is 407 g/mol. The van der Waals surface area contributed by atoms with Gasteiger partial charge in [-0.1, -0.05) is 11.6 Å². The zero-order chi connectivity index (χ0) is 21.7. The van der Waals surface area contributed by atoms with Crippen molar-refractivity contribution in [2.45, 2.75) is 32.7 Å². The van der Waals surface area contributed by atoms with Crippen molar-refractivity contribution in [2.24, 2.45) is 5.92 Å². The Morgan fingerprint density at radius 3 is 2.63 bits per heavy atom. The highest BCUT2D eigenvalue weighted by atomic mass is 35.5. The maximum Gasteiger partial charge on any atom is 0.255 e. The van der Waals surface area contributed by atoms with Crippen LogP contribution in [0, 0.1) is 11.7 Å². The van der Waals surface area contributed by atoms with Gasteiger partial charge in [-0.15, -0.1) is 0 Å². The Kier molecular flexibility index (Phi) is 7.32. The third-order valence-corrected chi connectivity index (χ3v) is 5.30. The van der Waals surface area contributed by atoms with Crippen LogP contribution in [0.3, 0.4) is 0 Å². The molecule has 0 radical (unpaired) electrons. The average molecular weight is 433 g/mol. The van der Waals surface area contributed by atoms with Crippen molar-refractivity contribution in [2.75, 3.05) is 19.7 Å². The standard InChI is InChI=1S/C23H26ClFN2O3/c1-15(2)26-22(28)17-5-8-19(9-6-17)30-14-16-4-3-11-27(13-16)23(29)20-10-7-18(25)12-21(20)24/h5-10,12,15-16H,3-4,11,13-14H2,1-2H3,(H,26,28). The molecule has 2 aromatic rings. The van der Waals surface area contributed by atoms with Gasteiger partial charge in [0.1, 0.15) is 11.6 Å². The first-order valence-corrected chi connectivity index (χ1v) is 10.5. The molecule has 2 amide bonds. The molecule has 1 saturated heterocycles. The molecule has 1 heterocycles. The van der Waals surface area contributed by atoms with Crippen LogP contribution in [0.4, 0.5) is 4.39 Å². The number of likely N-dealkylation sites (tertiary alicyclic amines) is 1. The third-order valence-electron chi connectivity index (χ3n) is 4.99. The summed E-state index contributed by atoms with van der Waals surface area (Å²) in [5.74, 6) is 0.101. The van der Waals surface area contributed by atoms with E-state index in [0.29, 0.717) is 36.6 Å². The number of halogens is 2. The topological polar surface area (TPSA) is 58.6 Å². The van der Waals surface area contributed by atoms with Crippen molar-refractivity contribution in [3.8, 4) is 5.75 Å². The van der Waals surface area contributed by atoms with E-state index in [1.807, 2.05) is 13.8 Å². The van der Waals surface area contributed by atoms with Gasteiger partial charge in [0, 0.05) is 30.6 Å². The SMILES string of the molecule is CC(C)NC(=O)c1ccc(OCC2CCCN(C(=O)c3ccc(F)cc3Cl)C2)cc1. The fourth-order valence-corrected chi connectivity index (χ4v) is 3.73. The zero-order valence-electron chi connectivity index (χ0n) is 17.2. The first-order chi connectivity index (χ1) is 14.3. The molecule has 1 fully saturated rings. The van der Waals surface area contributed by atoms with Crippen LogP contribution in [0.15, 0.2) is 42.5 Å². The fraction of sp³-hybridized carbons (Fsp3) is 0.391. The summed E-state index contributed by atoms with van der Waals surface area (Å²) in [5.41, 5.74) is 0.900. The lowest BCUT2D eigenvalue weighted by Crippen LogP contribution is -2.41. The Hall–Kier alpha value is -2.60. The smallest absolute Gasteiger partial charge is 0.255 e. The molecule has 5 nitrogen and oxygen atoms in total. The van der Waals surface area contributed by atoms with Gasteiger partial charge >= 0.3 is 0 Å². The number of ether oxygens (including phenoxy) is 1. The Bertz CT molecular complexity index is 902. The van der Waals surface area contributed by atoms with Gasteiger partial charge in [0.05, 0.1) is 17.2 Å². The highest BCUT2D eigenvalue weighted by Crippen LogP contribution is 2.24. The van der Waals surface area contributed by atoms with E-state index in [2.05, 4.69) is 5.32 Å². The maximum atomic E-state index is 13.3. The largest absolute Gasteiger partial charge is 0.493 e. The second-order valence-electron chi connectivity index (χ2n) is 7.85. The van der Waals surface area contributed by atoms with Crippen molar-refractivity contribution in [1.82, 2.24) is 10.2 Å². The summed E-state index contributed by atoms with van der Waals surface area (Å²) in [7, 11) is 0. The number of rotatable bonds is 6. The van der Waals surface area contributed by atoms with Crippen molar-refractivity contribution in [1.29, 1.82) is 0 Å². The highest BCUT2D eigenvalue weighted by Gasteiger charge is 2.26. The molecule has 3 rings (SSSR count). The van der Waals surface area contributed by atoms with E-state index in [9.17, 15) is 14.0 Å². The molecule has 0 aromatic heterocycles. The van der Waals surface area contributed by atoms with Crippen LogP contribution in [-0.2, 0) is 0 Å². The molecule has 160 valence electrons. The number of carbonyl (C=O) groups is 2. The van der Waals surface area contributed by atoms with Gasteiger partial charge in [0.2, 0.25) is 0 Å². The van der Waals surface area contributed by atoms with Crippen LogP contribution in [-0.4, -0.2) is 42.5 Å². The van der Waals surface area contributed by atoms with Crippen molar-refractivity contribution < 1.29 is 18.7 Å². The number of piperidine rings is 1. The molecular formula is C23H26ClFN2O3. The summed E-state index contributed by atoms with van der Waals surface area (Å²) in [6.45, 7) is 5.50. The predicted molar refractivity (Wildman–Crippen MR) is 115 cm³/mol. The number of nitrogens with one attached hydrogen (secondary N) is 1. The number of hydrogen-bond donors (Lipinski definition) is 1. The van der Waals surface area contributed by atoms with Crippen LogP contribution in [0.1, 0.15) is 47.4 Å². The quantitative estimate of drug-likeness (QED) is 0.728. The van der Waals surface area contributed by atoms with E-state index in [-0.39, 0.29) is 28.8 Å². The van der Waals surface area contributed by atoms with Gasteiger partial charge in [-0.05, 0) is 69.2 Å². The molecule has 0 bridgehead atoms. The van der Waals surface area contributed by atoms with E-state index in [1.165, 1.54) is 12.1 Å². The minimum Gasteiger partial charge on any atom is -0.493 e. The first-order valence-electron chi connectivity index (χ1n) is 10.1. The van der Waals surface area contributed by atoms with Crippen molar-refractivity contribution in [3.05, 3.63) is 64.4 Å². The summed E-state index contributed by atoms with van der Waals surface area (Å²) in [4.78, 5) is 26.5. The molecule has 1 atom stereocenters. The number of benzene rings is 2. The van der Waals surface area contributed by atoms with Crippen LogP contribution < -0.4 is 10.1 Å². The minimum atomic E-state index is -0.464. The number of carbonyl (C=O) groups excluding carboxylic acids is 2. The molecule has 1 aliphatic heterocycles. The molecule has 30 heavy (non-hydrogen) atoms. The molecule has 0 aliphatic carbocycles. The molecule has 0 saturated carbocycles. The van der Waals surface area contributed by atoms with E-state index in [0.717, 1.165) is 18.9 Å². The minimum absolute atomic E-state index is 0.0789. The normalized spacial score (nSPS) is 16.4. The van der Waals surface area contributed by atoms with E-state index < -0.39 is 5.82 Å². The molecule has 7 heteroatoms. The molecule has 1 aliphatic rings. The van der Waals surface area contributed by atoms with Gasteiger partial charge in [0.15, 0.2) is 0 Å². The van der Waals surface area contributed by atoms with Gasteiger partial charge in [-0.3, -0.25) is 9.59 Å². The van der Waals surface area contributed by atoms with Gasteiger partial charge in [0.25, 0.3) is 11.8 Å². The molecule has 0 spiro atoms. The average Bonchev–Trinajstić information content (AvgIpc) is 2.72. The molecule has 1 unspecified atom stereocenters. The summed E-state index contributed by atoms with van der Waals surface area (Å²) in [5, 5.41) is 2.98. The predicted octanol–water partition coefficient (Wildman–Crippen LogP) is 4.55. The lowest BCUT2D eigenvalue weighted by atomic mass is 9.98. The highest BCUT2D eigenvalue weighted by molar-refractivity contribution is 6.33. The summed E-state index contributed by atoms with van der Waals surface area (Å²) < 4.78 is 19.1. The third kappa shape index (κ3) is 5.72. The Balaban J connectivity index is 1.55. The van der Waals surface area contributed by atoms with E-state index in [1.54, 1.807) is 29.2 Å². The Morgan fingerprint density at radius 2 is 1.97 bits per heavy atom. The molecule has 1 N–H and O–H groups in total. The Morgan fingerprint density at radius 1 is 1.23 bits per heavy atom. The van der Waals surface area contributed by atoms with Gasteiger partial charge in [-0.2, -0.15) is 0 Å². The van der Waals surface area contributed by atoms with Gasteiger partial charge in [-0.25, -0.2) is 4.39 Å². The van der Waals surface area contributed by atoms with Crippen LogP contribution >= 0.6 is 11.6 Å². The van der Waals surface area contributed by atoms with Crippen LogP contribution in [0.5, 0.6) is 5.75 Å².